The van der Waals surface area contributed by atoms with Gasteiger partial charge < -0.3 is 0 Å². The maximum Gasteiger partial charge on any atom is 0.290 e. The molecule has 0 N–H and O–H groups in total. The first kappa shape index (κ1) is 12.2. The maximum absolute atomic E-state index is 11.1. The van der Waals surface area contributed by atoms with E-state index < -0.39 is 10.1 Å². The molecule has 0 unspecified atom stereocenters. The van der Waals surface area contributed by atoms with Crippen LogP contribution in [-0.2, 0) is 14.3 Å². The molecule has 1 rings (SSSR count). The van der Waals surface area contributed by atoms with Gasteiger partial charge in [0.25, 0.3) is 10.1 Å². The van der Waals surface area contributed by atoms with Gasteiger partial charge in [0.2, 0.25) is 0 Å². The second-order valence-corrected chi connectivity index (χ2v) is 4.68. The Balaban J connectivity index is 2.78. The third-order valence-electron chi connectivity index (χ3n) is 1.58. The van der Waals surface area contributed by atoms with E-state index >= 15 is 0 Å². The highest BCUT2D eigenvalue weighted by Gasteiger charge is 2.02. The third kappa shape index (κ3) is 4.46. The minimum atomic E-state index is -3.55. The van der Waals surface area contributed by atoms with Crippen LogP contribution in [0.3, 0.4) is 0 Å². The molecule has 1 aromatic carbocycles. The highest BCUT2D eigenvalue weighted by molar-refractivity contribution is 7.89. The molecule has 0 amide bonds. The lowest BCUT2D eigenvalue weighted by atomic mass is 10.2. The average Bonchev–Trinajstić information content (AvgIpc) is 2.17. The summed E-state index contributed by atoms with van der Waals surface area (Å²) in [6.07, 6.45) is 1.46. The molecule has 82 valence electrons. The second kappa shape index (κ2) is 5.30. The summed E-state index contributed by atoms with van der Waals surface area (Å²) in [5, 5.41) is 1.64. The van der Waals surface area contributed by atoms with Crippen LogP contribution >= 0.6 is 11.6 Å². The summed E-state index contributed by atoms with van der Waals surface area (Å²) in [7, 11) is -3.55. The first-order valence-corrected chi connectivity index (χ1v) is 6.21. The van der Waals surface area contributed by atoms with E-state index in [2.05, 4.69) is 4.18 Å². The van der Waals surface area contributed by atoms with Gasteiger partial charge in [-0.3, -0.25) is 4.18 Å². The first-order valence-electron chi connectivity index (χ1n) is 4.36. The Kier molecular flexibility index (Phi) is 4.32. The largest absolute Gasteiger partial charge is 0.290 e. The van der Waals surface area contributed by atoms with Gasteiger partial charge in [-0.05, 0) is 30.7 Å². The molecular weight excluding hydrogens is 236 g/mol. The Morgan fingerprint density at radius 1 is 1.33 bits per heavy atom. The minimum Gasteiger partial charge on any atom is -0.267 e. The summed E-state index contributed by atoms with van der Waals surface area (Å²) in [5.74, 6) is 0. The zero-order valence-electron chi connectivity index (χ0n) is 8.18. The maximum atomic E-state index is 11.1. The van der Waals surface area contributed by atoms with E-state index in [0.29, 0.717) is 5.02 Å². The Bertz CT molecular complexity index is 434. The molecule has 0 heterocycles. The summed E-state index contributed by atoms with van der Waals surface area (Å²) in [6, 6.07) is 6.82. The fraction of sp³-hybridized carbons (Fsp3) is 0.200. The van der Waals surface area contributed by atoms with E-state index in [0.717, 1.165) is 11.0 Å². The summed E-state index contributed by atoms with van der Waals surface area (Å²) >= 11 is 5.68. The van der Waals surface area contributed by atoms with Crippen LogP contribution in [0.4, 0.5) is 0 Å². The van der Waals surface area contributed by atoms with Crippen LogP contribution in [0.1, 0.15) is 12.5 Å². The summed E-state index contributed by atoms with van der Waals surface area (Å²) in [6.45, 7) is 1.75. The van der Waals surface area contributed by atoms with Crippen LogP contribution < -0.4 is 0 Å². The summed E-state index contributed by atoms with van der Waals surface area (Å²) in [4.78, 5) is 0. The van der Waals surface area contributed by atoms with Crippen LogP contribution in [0.15, 0.2) is 29.7 Å². The fourth-order valence-corrected chi connectivity index (χ4v) is 1.80. The van der Waals surface area contributed by atoms with Crippen molar-refractivity contribution in [1.29, 1.82) is 0 Å². The number of hydrogen-bond acceptors (Lipinski definition) is 3. The third-order valence-corrected chi connectivity index (χ3v) is 2.86. The topological polar surface area (TPSA) is 43.4 Å². The van der Waals surface area contributed by atoms with Gasteiger partial charge in [0.05, 0.1) is 12.0 Å². The molecule has 0 aliphatic rings. The van der Waals surface area contributed by atoms with Crippen LogP contribution in [0, 0.1) is 0 Å². The highest BCUT2D eigenvalue weighted by Crippen LogP contribution is 2.11. The lowest BCUT2D eigenvalue weighted by Crippen LogP contribution is -2.00. The molecule has 0 aliphatic carbocycles. The van der Waals surface area contributed by atoms with Crippen LogP contribution in [0.2, 0.25) is 5.02 Å². The fourth-order valence-electron chi connectivity index (χ4n) is 0.939. The highest BCUT2D eigenvalue weighted by atomic mass is 35.5. The minimum absolute atomic E-state index is 0.132. The number of rotatable bonds is 4. The van der Waals surface area contributed by atoms with Gasteiger partial charge in [0.15, 0.2) is 0 Å². The Morgan fingerprint density at radius 2 is 1.93 bits per heavy atom. The van der Waals surface area contributed by atoms with Crippen molar-refractivity contribution in [2.75, 3.05) is 6.61 Å². The molecule has 0 aromatic heterocycles. The lowest BCUT2D eigenvalue weighted by Gasteiger charge is -1.96. The van der Waals surface area contributed by atoms with Crippen molar-refractivity contribution >= 4 is 27.8 Å². The quantitative estimate of drug-likeness (QED) is 0.768. The molecule has 0 bridgehead atoms. The van der Waals surface area contributed by atoms with Crippen LogP contribution in [0.5, 0.6) is 0 Å². The van der Waals surface area contributed by atoms with Gasteiger partial charge in [-0.25, -0.2) is 0 Å². The standard InChI is InChI=1S/C10H11ClO3S/c1-2-14-15(12,13)8-7-9-3-5-10(11)6-4-9/h3-8H,2H2,1H3/b8-7+. The van der Waals surface area contributed by atoms with Gasteiger partial charge in [-0.2, -0.15) is 8.42 Å². The molecule has 0 fully saturated rings. The van der Waals surface area contributed by atoms with E-state index in [1.165, 1.54) is 6.08 Å². The van der Waals surface area contributed by atoms with Crippen LogP contribution in [-0.4, -0.2) is 15.0 Å². The molecule has 0 saturated carbocycles. The Labute approximate surface area is 94.5 Å². The molecule has 1 aromatic rings. The lowest BCUT2D eigenvalue weighted by molar-refractivity contribution is 0.345. The zero-order valence-corrected chi connectivity index (χ0v) is 9.75. The average molecular weight is 247 g/mol. The summed E-state index contributed by atoms with van der Waals surface area (Å²) in [5.41, 5.74) is 0.752. The van der Waals surface area contributed by atoms with Gasteiger partial charge in [-0.1, -0.05) is 23.7 Å². The number of benzene rings is 1. The Hall–Kier alpha value is -0.840. The first-order chi connectivity index (χ1) is 7.03. The molecule has 0 aliphatic heterocycles. The van der Waals surface area contributed by atoms with Crippen molar-refractivity contribution < 1.29 is 12.6 Å². The normalized spacial score (nSPS) is 12.1. The van der Waals surface area contributed by atoms with Crippen molar-refractivity contribution in [3.8, 4) is 0 Å². The van der Waals surface area contributed by atoms with E-state index in [1.54, 1.807) is 31.2 Å². The predicted octanol–water partition coefficient (Wildman–Crippen LogP) is 2.68. The molecule has 3 nitrogen and oxygen atoms in total. The second-order valence-electron chi connectivity index (χ2n) is 2.75. The van der Waals surface area contributed by atoms with Gasteiger partial charge in [0, 0.05) is 5.02 Å². The SMILES string of the molecule is CCOS(=O)(=O)/C=C/c1ccc(Cl)cc1. The zero-order chi connectivity index (χ0) is 11.3. The van der Waals surface area contributed by atoms with E-state index in [4.69, 9.17) is 11.6 Å². The number of hydrogen-bond donors (Lipinski definition) is 0. The number of halogens is 1. The van der Waals surface area contributed by atoms with Crippen molar-refractivity contribution in [2.24, 2.45) is 0 Å². The van der Waals surface area contributed by atoms with E-state index in [-0.39, 0.29) is 6.61 Å². The molecular formula is C10H11ClO3S. The molecule has 5 heteroatoms. The van der Waals surface area contributed by atoms with Crippen molar-refractivity contribution in [3.05, 3.63) is 40.3 Å². The van der Waals surface area contributed by atoms with Crippen molar-refractivity contribution in [2.45, 2.75) is 6.92 Å². The smallest absolute Gasteiger partial charge is 0.267 e. The Morgan fingerprint density at radius 3 is 2.47 bits per heavy atom. The molecule has 15 heavy (non-hydrogen) atoms. The van der Waals surface area contributed by atoms with Gasteiger partial charge in [0.1, 0.15) is 0 Å². The molecule has 0 atom stereocenters. The van der Waals surface area contributed by atoms with Gasteiger partial charge >= 0.3 is 0 Å². The van der Waals surface area contributed by atoms with E-state index in [1.807, 2.05) is 0 Å². The van der Waals surface area contributed by atoms with Crippen LogP contribution in [0.25, 0.3) is 6.08 Å². The molecule has 0 radical (unpaired) electrons. The summed E-state index contributed by atoms with van der Waals surface area (Å²) < 4.78 is 26.8. The predicted molar refractivity (Wildman–Crippen MR) is 61.0 cm³/mol. The van der Waals surface area contributed by atoms with E-state index in [9.17, 15) is 8.42 Å². The van der Waals surface area contributed by atoms with Crippen molar-refractivity contribution in [3.63, 3.8) is 0 Å². The van der Waals surface area contributed by atoms with Gasteiger partial charge in [-0.15, -0.1) is 0 Å². The molecule has 0 saturated heterocycles. The monoisotopic (exact) mass is 246 g/mol. The molecule has 0 spiro atoms. The van der Waals surface area contributed by atoms with Crippen molar-refractivity contribution in [1.82, 2.24) is 0 Å².